The molecule has 2 rings (SSSR count). The van der Waals surface area contributed by atoms with Crippen molar-refractivity contribution < 1.29 is 9.53 Å². The zero-order valence-corrected chi connectivity index (χ0v) is 11.4. The molecule has 0 spiro atoms. The fourth-order valence-electron chi connectivity index (χ4n) is 2.69. The molecule has 1 aliphatic carbocycles. The van der Waals surface area contributed by atoms with Crippen LogP contribution in [0.1, 0.15) is 19.3 Å². The standard InChI is InChI=1S/C12H22N2O2S/c1-13-11-7-16-6-10(11)12(15)14-8-3-4-9(5-8)17-2/h8-11,13H,3-7H2,1-2H3,(H,14,15). The summed E-state index contributed by atoms with van der Waals surface area (Å²) >= 11 is 1.91. The molecule has 17 heavy (non-hydrogen) atoms. The summed E-state index contributed by atoms with van der Waals surface area (Å²) in [6.07, 6.45) is 5.61. The largest absolute Gasteiger partial charge is 0.379 e. The van der Waals surface area contributed by atoms with E-state index in [1.54, 1.807) is 0 Å². The average Bonchev–Trinajstić information content (AvgIpc) is 2.96. The molecule has 0 radical (unpaired) electrons. The summed E-state index contributed by atoms with van der Waals surface area (Å²) in [5, 5.41) is 7.05. The van der Waals surface area contributed by atoms with E-state index in [4.69, 9.17) is 4.74 Å². The molecule has 1 saturated carbocycles. The normalized spacial score (nSPS) is 37.3. The maximum absolute atomic E-state index is 12.1. The second-order valence-corrected chi connectivity index (χ2v) is 6.05. The topological polar surface area (TPSA) is 50.4 Å². The zero-order valence-electron chi connectivity index (χ0n) is 10.6. The summed E-state index contributed by atoms with van der Waals surface area (Å²) in [7, 11) is 1.89. The minimum absolute atomic E-state index is 0.0201. The Morgan fingerprint density at radius 1 is 1.35 bits per heavy atom. The van der Waals surface area contributed by atoms with Crippen LogP contribution in [0.4, 0.5) is 0 Å². The predicted octanol–water partition coefficient (Wildman–Crippen LogP) is 0.621. The molecule has 0 aromatic carbocycles. The Kier molecular flexibility index (Phi) is 4.70. The third-order valence-corrected chi connectivity index (χ3v) is 4.95. The summed E-state index contributed by atoms with van der Waals surface area (Å²) in [4.78, 5) is 12.1. The first-order valence-electron chi connectivity index (χ1n) is 6.32. The van der Waals surface area contributed by atoms with Gasteiger partial charge in [-0.3, -0.25) is 4.79 Å². The van der Waals surface area contributed by atoms with Crippen LogP contribution >= 0.6 is 11.8 Å². The monoisotopic (exact) mass is 258 g/mol. The summed E-state index contributed by atoms with van der Waals surface area (Å²) < 4.78 is 5.36. The molecule has 1 amide bonds. The number of carbonyl (C=O) groups excluding carboxylic acids is 1. The van der Waals surface area contributed by atoms with Crippen LogP contribution in [0.5, 0.6) is 0 Å². The van der Waals surface area contributed by atoms with E-state index in [-0.39, 0.29) is 17.9 Å². The number of thioether (sulfide) groups is 1. The summed E-state index contributed by atoms with van der Waals surface area (Å²) in [6.45, 7) is 1.20. The molecule has 1 aliphatic heterocycles. The third kappa shape index (κ3) is 3.14. The van der Waals surface area contributed by atoms with Gasteiger partial charge < -0.3 is 15.4 Å². The molecule has 1 saturated heterocycles. The van der Waals surface area contributed by atoms with Gasteiger partial charge in [-0.25, -0.2) is 0 Å². The Morgan fingerprint density at radius 3 is 2.82 bits per heavy atom. The molecule has 2 N–H and O–H groups in total. The quantitative estimate of drug-likeness (QED) is 0.776. The van der Waals surface area contributed by atoms with Crippen LogP contribution in [0.2, 0.25) is 0 Å². The van der Waals surface area contributed by atoms with Crippen molar-refractivity contribution >= 4 is 17.7 Å². The highest BCUT2D eigenvalue weighted by molar-refractivity contribution is 7.99. The lowest BCUT2D eigenvalue weighted by atomic mass is 10.0. The third-order valence-electron chi connectivity index (χ3n) is 3.85. The van der Waals surface area contributed by atoms with Gasteiger partial charge in [0.05, 0.1) is 19.1 Å². The molecule has 0 bridgehead atoms. The smallest absolute Gasteiger partial charge is 0.227 e. The molecule has 1 heterocycles. The van der Waals surface area contributed by atoms with Crippen molar-refractivity contribution in [2.45, 2.75) is 36.6 Å². The van der Waals surface area contributed by atoms with Gasteiger partial charge in [-0.1, -0.05) is 0 Å². The van der Waals surface area contributed by atoms with Gasteiger partial charge in [0.25, 0.3) is 0 Å². The number of carbonyl (C=O) groups is 1. The van der Waals surface area contributed by atoms with Crippen LogP contribution in [0.3, 0.4) is 0 Å². The van der Waals surface area contributed by atoms with Crippen molar-refractivity contribution in [1.82, 2.24) is 10.6 Å². The lowest BCUT2D eigenvalue weighted by molar-refractivity contribution is -0.126. The highest BCUT2D eigenvalue weighted by Crippen LogP contribution is 2.28. The molecule has 5 heteroatoms. The maximum atomic E-state index is 12.1. The fraction of sp³-hybridized carbons (Fsp3) is 0.917. The van der Waals surface area contributed by atoms with E-state index in [0.717, 1.165) is 18.1 Å². The van der Waals surface area contributed by atoms with E-state index in [9.17, 15) is 4.79 Å². The van der Waals surface area contributed by atoms with Crippen LogP contribution in [0, 0.1) is 5.92 Å². The second-order valence-electron chi connectivity index (χ2n) is 4.92. The number of amides is 1. The van der Waals surface area contributed by atoms with E-state index in [2.05, 4.69) is 16.9 Å². The van der Waals surface area contributed by atoms with Crippen molar-refractivity contribution in [3.63, 3.8) is 0 Å². The Hall–Kier alpha value is -0.260. The number of ether oxygens (including phenoxy) is 1. The van der Waals surface area contributed by atoms with Crippen molar-refractivity contribution in [3.8, 4) is 0 Å². The van der Waals surface area contributed by atoms with Crippen molar-refractivity contribution in [2.75, 3.05) is 26.5 Å². The van der Waals surface area contributed by atoms with E-state index >= 15 is 0 Å². The van der Waals surface area contributed by atoms with Gasteiger partial charge in [0, 0.05) is 17.3 Å². The Bertz CT molecular complexity index is 275. The van der Waals surface area contributed by atoms with Crippen LogP contribution in [0.15, 0.2) is 0 Å². The lowest BCUT2D eigenvalue weighted by Gasteiger charge is -2.19. The zero-order chi connectivity index (χ0) is 12.3. The SMILES string of the molecule is CNC1COCC1C(=O)NC1CCC(SC)C1. The van der Waals surface area contributed by atoms with Gasteiger partial charge in [0.15, 0.2) is 0 Å². The fourth-order valence-corrected chi connectivity index (χ4v) is 3.49. The molecule has 2 fully saturated rings. The molecule has 2 aliphatic rings. The Balaban J connectivity index is 1.81. The summed E-state index contributed by atoms with van der Waals surface area (Å²) in [5.74, 6) is 0.141. The van der Waals surface area contributed by atoms with Gasteiger partial charge in [-0.2, -0.15) is 11.8 Å². The summed E-state index contributed by atoms with van der Waals surface area (Å²) in [6, 6.07) is 0.547. The molecule has 4 unspecified atom stereocenters. The number of nitrogens with one attached hydrogen (secondary N) is 2. The maximum Gasteiger partial charge on any atom is 0.227 e. The molecule has 4 nitrogen and oxygen atoms in total. The highest BCUT2D eigenvalue weighted by Gasteiger charge is 2.35. The number of hydrogen-bond donors (Lipinski definition) is 2. The van der Waals surface area contributed by atoms with Gasteiger partial charge in [0.1, 0.15) is 0 Å². The van der Waals surface area contributed by atoms with Gasteiger partial charge >= 0.3 is 0 Å². The highest BCUT2D eigenvalue weighted by atomic mass is 32.2. The van der Waals surface area contributed by atoms with E-state index < -0.39 is 0 Å². The summed E-state index contributed by atoms with van der Waals surface area (Å²) in [5.41, 5.74) is 0. The minimum atomic E-state index is -0.0201. The Morgan fingerprint density at radius 2 is 2.18 bits per heavy atom. The molecule has 98 valence electrons. The molecular weight excluding hydrogens is 236 g/mol. The molecule has 0 aromatic rings. The first-order valence-corrected chi connectivity index (χ1v) is 7.61. The van der Waals surface area contributed by atoms with Crippen molar-refractivity contribution in [2.24, 2.45) is 5.92 Å². The van der Waals surface area contributed by atoms with E-state index in [1.807, 2.05) is 18.8 Å². The predicted molar refractivity (Wildman–Crippen MR) is 70.2 cm³/mol. The van der Waals surface area contributed by atoms with Crippen molar-refractivity contribution in [3.05, 3.63) is 0 Å². The van der Waals surface area contributed by atoms with Crippen molar-refractivity contribution in [1.29, 1.82) is 0 Å². The molecule has 4 atom stereocenters. The average molecular weight is 258 g/mol. The number of hydrogen-bond acceptors (Lipinski definition) is 4. The second kappa shape index (κ2) is 6.07. The molecule has 0 aromatic heterocycles. The molecular formula is C12H22N2O2S. The first-order chi connectivity index (χ1) is 8.24. The van der Waals surface area contributed by atoms with Crippen LogP contribution in [0.25, 0.3) is 0 Å². The van der Waals surface area contributed by atoms with Crippen LogP contribution in [-0.2, 0) is 9.53 Å². The number of rotatable bonds is 4. The van der Waals surface area contributed by atoms with Gasteiger partial charge in [-0.15, -0.1) is 0 Å². The lowest BCUT2D eigenvalue weighted by Crippen LogP contribution is -2.45. The first kappa shape index (κ1) is 13.2. The van der Waals surface area contributed by atoms with Crippen LogP contribution < -0.4 is 10.6 Å². The van der Waals surface area contributed by atoms with Gasteiger partial charge in [0.2, 0.25) is 5.91 Å². The van der Waals surface area contributed by atoms with E-state index in [0.29, 0.717) is 19.3 Å². The van der Waals surface area contributed by atoms with Gasteiger partial charge in [-0.05, 0) is 32.6 Å². The Labute approximate surface area is 107 Å². The van der Waals surface area contributed by atoms with E-state index in [1.165, 1.54) is 6.42 Å². The van der Waals surface area contributed by atoms with Crippen LogP contribution in [-0.4, -0.2) is 49.8 Å². The number of likely N-dealkylation sites (N-methyl/N-ethyl adjacent to an activating group) is 1. The minimum Gasteiger partial charge on any atom is -0.379 e.